The molecule has 0 aliphatic rings. The molecule has 0 aliphatic heterocycles. The zero-order valence-corrected chi connectivity index (χ0v) is 36.9. The molecule has 0 saturated heterocycles. The third-order valence-electron chi connectivity index (χ3n) is 8.51. The fraction of sp³-hybridized carbons (Fsp3) is 0.550. The van der Waals surface area contributed by atoms with Crippen LogP contribution in [0.3, 0.4) is 0 Å². The molecular weight excluding hydrogens is 897 g/mol. The highest BCUT2D eigenvalue weighted by Crippen LogP contribution is 2.35. The lowest BCUT2D eigenvalue weighted by atomic mass is 10.1. The van der Waals surface area contributed by atoms with Crippen molar-refractivity contribution in [3.63, 3.8) is 0 Å². The number of carboxylic acid groups (broad SMARTS) is 2. The summed E-state index contributed by atoms with van der Waals surface area (Å²) in [5.41, 5.74) is 0.206. The standard InChI is InChI=1S/C40H55Cl2N3O17S/c41-29-24-31(42)38(33(25-29)63(54,55)56)62-37(49)27-60-23-21-58-19-16-44-36(48)26-59-22-20-57-18-15-43-34(46)14-13-32(40(52)53)45-35(47)8-6-4-2-1-3-5-7-17-61-30-11-9-28(10-12-30)39(50)51/h9-12,24-25,32H,1-8,13-23,26-27H2,(H,43,46)(H,44,48)(H,45,47)(H,50,51)(H,52,53)(H,54,55,56). The van der Waals surface area contributed by atoms with Gasteiger partial charge in [-0.3, -0.25) is 18.9 Å². The minimum Gasteiger partial charge on any atom is -0.494 e. The molecule has 0 bridgehead atoms. The molecule has 0 heterocycles. The maximum atomic E-state index is 12.3. The number of hydrogen-bond donors (Lipinski definition) is 6. The second-order valence-electron chi connectivity index (χ2n) is 13.6. The highest BCUT2D eigenvalue weighted by molar-refractivity contribution is 7.86. The summed E-state index contributed by atoms with van der Waals surface area (Å²) in [5, 5.41) is 25.7. The number of halogens is 2. The molecule has 0 fully saturated rings. The third-order valence-corrected chi connectivity index (χ3v) is 9.87. The summed E-state index contributed by atoms with van der Waals surface area (Å²) < 4.78 is 64.0. The van der Waals surface area contributed by atoms with Crippen LogP contribution in [0, 0.1) is 0 Å². The molecule has 0 saturated carbocycles. The molecule has 20 nitrogen and oxygen atoms in total. The number of benzene rings is 2. The Hall–Kier alpha value is -4.61. The maximum absolute atomic E-state index is 12.3. The fourth-order valence-corrected chi connectivity index (χ4v) is 6.66. The fourth-order valence-electron chi connectivity index (χ4n) is 5.35. The van der Waals surface area contributed by atoms with Crippen molar-refractivity contribution in [2.24, 2.45) is 0 Å². The van der Waals surface area contributed by atoms with Gasteiger partial charge in [0.2, 0.25) is 17.7 Å². The zero-order chi connectivity index (χ0) is 46.5. The van der Waals surface area contributed by atoms with E-state index in [0.717, 1.165) is 50.7 Å². The molecule has 3 amide bonds. The number of carbonyl (C=O) groups excluding carboxylic acids is 4. The summed E-state index contributed by atoms with van der Waals surface area (Å²) in [6, 6.07) is 7.07. The summed E-state index contributed by atoms with van der Waals surface area (Å²) in [6.07, 6.45) is 6.22. The SMILES string of the molecule is O=C(CCC(NC(=O)CCCCCCCCCOc1ccc(C(=O)O)cc1)C(=O)O)NCCOCCOCC(=O)NCCOCCOCC(=O)Oc1c(Cl)cc(Cl)cc1S(=O)(=O)O. The molecule has 2 aromatic carbocycles. The monoisotopic (exact) mass is 951 g/mol. The number of nitrogens with one attached hydrogen (secondary N) is 3. The van der Waals surface area contributed by atoms with Crippen LogP contribution >= 0.6 is 23.2 Å². The Morgan fingerprint density at radius 1 is 0.651 bits per heavy atom. The van der Waals surface area contributed by atoms with Gasteiger partial charge in [0, 0.05) is 31.0 Å². The Labute approximate surface area is 375 Å². The average molecular weight is 953 g/mol. The molecule has 23 heteroatoms. The lowest BCUT2D eigenvalue weighted by Gasteiger charge is -2.14. The quantitative estimate of drug-likeness (QED) is 0.0249. The number of amides is 3. The van der Waals surface area contributed by atoms with Crippen LogP contribution in [0.25, 0.3) is 0 Å². The summed E-state index contributed by atoms with van der Waals surface area (Å²) in [6.45, 7) is 0.568. The molecule has 0 aromatic heterocycles. The van der Waals surface area contributed by atoms with Crippen molar-refractivity contribution in [2.75, 3.05) is 72.6 Å². The van der Waals surface area contributed by atoms with Crippen molar-refractivity contribution in [3.05, 3.63) is 52.0 Å². The van der Waals surface area contributed by atoms with E-state index in [9.17, 15) is 46.8 Å². The molecule has 2 rings (SSSR count). The van der Waals surface area contributed by atoms with Gasteiger partial charge in [-0.05, 0) is 55.7 Å². The first-order valence-electron chi connectivity index (χ1n) is 20.1. The Kier molecular flexibility index (Phi) is 27.1. The first-order valence-corrected chi connectivity index (χ1v) is 22.3. The first kappa shape index (κ1) is 54.5. The van der Waals surface area contributed by atoms with E-state index >= 15 is 0 Å². The van der Waals surface area contributed by atoms with Crippen LogP contribution in [0.4, 0.5) is 0 Å². The van der Waals surface area contributed by atoms with E-state index in [1.54, 1.807) is 12.1 Å². The zero-order valence-electron chi connectivity index (χ0n) is 34.6. The Morgan fingerprint density at radius 2 is 1.22 bits per heavy atom. The third kappa shape index (κ3) is 25.3. The number of hydrogen-bond acceptors (Lipinski definition) is 14. The molecular formula is C40H55Cl2N3O17S. The average Bonchev–Trinajstić information content (AvgIpc) is 3.22. The van der Waals surface area contributed by atoms with Crippen molar-refractivity contribution >= 4 is 68.9 Å². The lowest BCUT2D eigenvalue weighted by Crippen LogP contribution is -2.41. The summed E-state index contributed by atoms with van der Waals surface area (Å²) in [5.74, 6) is -4.36. The number of unbranched alkanes of at least 4 members (excludes halogenated alkanes) is 6. The van der Waals surface area contributed by atoms with E-state index < -0.39 is 63.1 Å². The number of esters is 1. The molecule has 352 valence electrons. The van der Waals surface area contributed by atoms with Crippen LogP contribution in [0.2, 0.25) is 10.0 Å². The number of aliphatic carboxylic acids is 1. The molecule has 1 unspecified atom stereocenters. The number of ether oxygens (including phenoxy) is 6. The summed E-state index contributed by atoms with van der Waals surface area (Å²) in [7, 11) is -4.79. The first-order chi connectivity index (χ1) is 30.1. The van der Waals surface area contributed by atoms with E-state index in [0.29, 0.717) is 18.8 Å². The number of carbonyl (C=O) groups is 6. The van der Waals surface area contributed by atoms with E-state index in [1.165, 1.54) is 12.1 Å². The second-order valence-corrected chi connectivity index (χ2v) is 15.8. The van der Waals surface area contributed by atoms with E-state index in [2.05, 4.69) is 16.0 Å². The largest absolute Gasteiger partial charge is 0.494 e. The van der Waals surface area contributed by atoms with Gasteiger partial charge in [-0.1, -0.05) is 55.3 Å². The smallest absolute Gasteiger partial charge is 0.337 e. The van der Waals surface area contributed by atoms with Crippen molar-refractivity contribution in [1.29, 1.82) is 0 Å². The normalized spacial score (nSPS) is 11.7. The highest BCUT2D eigenvalue weighted by Gasteiger charge is 2.24. The molecule has 6 N–H and O–H groups in total. The van der Waals surface area contributed by atoms with Crippen molar-refractivity contribution in [2.45, 2.75) is 75.1 Å². The predicted octanol–water partition coefficient (Wildman–Crippen LogP) is 3.69. The van der Waals surface area contributed by atoms with E-state index in [1.807, 2.05) is 0 Å². The van der Waals surface area contributed by atoms with Crippen LogP contribution in [-0.4, -0.2) is 137 Å². The second kappa shape index (κ2) is 31.3. The molecule has 0 radical (unpaired) electrons. The minimum atomic E-state index is -4.79. The van der Waals surface area contributed by atoms with Crippen molar-refractivity contribution in [1.82, 2.24) is 16.0 Å². The molecule has 0 spiro atoms. The van der Waals surface area contributed by atoms with Crippen LogP contribution < -0.4 is 25.4 Å². The number of rotatable bonds is 35. The van der Waals surface area contributed by atoms with Gasteiger partial charge in [0.05, 0.1) is 56.8 Å². The topological polar surface area (TPSA) is 289 Å². The van der Waals surface area contributed by atoms with E-state index in [-0.39, 0.29) is 100 Å². The number of carboxylic acids is 2. The minimum absolute atomic E-state index is 0.0392. The van der Waals surface area contributed by atoms with Gasteiger partial charge in [0.15, 0.2) is 5.75 Å². The highest BCUT2D eigenvalue weighted by atomic mass is 35.5. The van der Waals surface area contributed by atoms with Crippen LogP contribution in [0.1, 0.15) is 74.6 Å². The Morgan fingerprint density at radius 3 is 1.83 bits per heavy atom. The van der Waals surface area contributed by atoms with Gasteiger partial charge < -0.3 is 54.6 Å². The summed E-state index contributed by atoms with van der Waals surface area (Å²) >= 11 is 11.6. The van der Waals surface area contributed by atoms with Crippen LogP contribution in [0.5, 0.6) is 11.5 Å². The predicted molar refractivity (Wildman–Crippen MR) is 226 cm³/mol. The number of aromatic carboxylic acids is 1. The van der Waals surface area contributed by atoms with Crippen molar-refractivity contribution in [3.8, 4) is 11.5 Å². The van der Waals surface area contributed by atoms with Gasteiger partial charge >= 0.3 is 17.9 Å². The van der Waals surface area contributed by atoms with Gasteiger partial charge in [-0.2, -0.15) is 8.42 Å². The van der Waals surface area contributed by atoms with Gasteiger partial charge in [-0.25, -0.2) is 14.4 Å². The molecule has 63 heavy (non-hydrogen) atoms. The van der Waals surface area contributed by atoms with Gasteiger partial charge in [0.25, 0.3) is 10.1 Å². The maximum Gasteiger partial charge on any atom is 0.337 e. The van der Waals surface area contributed by atoms with Crippen LogP contribution in [-0.2, 0) is 53.0 Å². The summed E-state index contributed by atoms with van der Waals surface area (Å²) in [4.78, 5) is 70.2. The van der Waals surface area contributed by atoms with Crippen molar-refractivity contribution < 1.29 is 80.4 Å². The van der Waals surface area contributed by atoms with Gasteiger partial charge in [-0.15, -0.1) is 0 Å². The van der Waals surface area contributed by atoms with E-state index in [4.69, 9.17) is 56.7 Å². The molecule has 1 atom stereocenters. The Balaban J connectivity index is 1.39. The molecule has 0 aliphatic carbocycles. The molecule has 2 aromatic rings. The lowest BCUT2D eigenvalue weighted by molar-refractivity contribution is -0.142. The van der Waals surface area contributed by atoms with Gasteiger partial charge in [0.1, 0.15) is 29.9 Å². The van der Waals surface area contributed by atoms with Crippen LogP contribution in [0.15, 0.2) is 41.3 Å². The Bertz CT molecular complexity index is 1870.